The van der Waals surface area contributed by atoms with Gasteiger partial charge in [0.25, 0.3) is 5.56 Å². The number of hydrogen-bond donors (Lipinski definition) is 0. The smallest absolute Gasteiger partial charge is 0.374 e. The lowest BCUT2D eigenvalue weighted by molar-refractivity contribution is 0.0564. The Morgan fingerprint density at radius 1 is 1.48 bits per heavy atom. The Kier molecular flexibility index (Phi) is 4.53. The Hall–Kier alpha value is -2.06. The highest BCUT2D eigenvalue weighted by atomic mass is 32.2. The molecule has 0 radical (unpaired) electrons. The predicted octanol–water partition coefficient (Wildman–Crippen LogP) is 3.15. The number of fused-ring (bicyclic) bond motifs is 1. The van der Waals surface area contributed by atoms with Crippen molar-refractivity contribution in [3.05, 3.63) is 45.5 Å². The van der Waals surface area contributed by atoms with Crippen molar-refractivity contribution >= 4 is 39.3 Å². The molecule has 0 bridgehead atoms. The molecule has 0 atom stereocenters. The molecule has 0 spiro atoms. The Labute approximate surface area is 140 Å². The minimum Gasteiger partial charge on any atom is -0.463 e. The lowest BCUT2D eigenvalue weighted by Gasteiger charge is -2.09. The SMILES string of the molecule is CCn1c(SCc2ccoc2C(=O)OC)nc2ccsc2c1=O. The molecular weight excluding hydrogens is 336 g/mol. The summed E-state index contributed by atoms with van der Waals surface area (Å²) in [5.74, 6) is 0.130. The van der Waals surface area contributed by atoms with E-state index in [1.807, 2.05) is 18.4 Å². The van der Waals surface area contributed by atoms with Crippen LogP contribution in [0.2, 0.25) is 0 Å². The molecule has 3 aromatic rings. The van der Waals surface area contributed by atoms with Gasteiger partial charge in [0.15, 0.2) is 5.16 Å². The molecule has 3 rings (SSSR count). The highest BCUT2D eigenvalue weighted by Gasteiger charge is 2.17. The van der Waals surface area contributed by atoms with Gasteiger partial charge in [0.05, 0.1) is 18.9 Å². The van der Waals surface area contributed by atoms with Gasteiger partial charge in [-0.05, 0) is 24.4 Å². The van der Waals surface area contributed by atoms with Gasteiger partial charge in [0, 0.05) is 17.9 Å². The van der Waals surface area contributed by atoms with Gasteiger partial charge in [-0.2, -0.15) is 0 Å². The molecule has 23 heavy (non-hydrogen) atoms. The largest absolute Gasteiger partial charge is 0.463 e. The lowest BCUT2D eigenvalue weighted by atomic mass is 10.3. The zero-order valence-electron chi connectivity index (χ0n) is 12.6. The second-order valence-corrected chi connectivity index (χ2v) is 6.49. The van der Waals surface area contributed by atoms with Crippen LogP contribution in [-0.4, -0.2) is 22.6 Å². The fraction of sp³-hybridized carbons (Fsp3) is 0.267. The van der Waals surface area contributed by atoms with Gasteiger partial charge in [-0.15, -0.1) is 11.3 Å². The number of furan rings is 1. The Morgan fingerprint density at radius 3 is 3.04 bits per heavy atom. The number of carbonyl (C=O) groups is 1. The van der Waals surface area contributed by atoms with Crippen LogP contribution in [0, 0.1) is 0 Å². The summed E-state index contributed by atoms with van der Waals surface area (Å²) in [6, 6.07) is 3.56. The Bertz CT molecular complexity index is 910. The van der Waals surface area contributed by atoms with Crippen LogP contribution in [0.25, 0.3) is 10.2 Å². The fourth-order valence-electron chi connectivity index (χ4n) is 2.18. The predicted molar refractivity (Wildman–Crippen MR) is 89.2 cm³/mol. The zero-order chi connectivity index (χ0) is 16.4. The summed E-state index contributed by atoms with van der Waals surface area (Å²) in [5, 5.41) is 2.49. The molecule has 0 saturated heterocycles. The van der Waals surface area contributed by atoms with Gasteiger partial charge in [-0.25, -0.2) is 9.78 Å². The number of methoxy groups -OCH3 is 1. The van der Waals surface area contributed by atoms with Crippen LogP contribution >= 0.6 is 23.1 Å². The molecule has 0 aliphatic heterocycles. The van der Waals surface area contributed by atoms with E-state index in [1.165, 1.54) is 36.5 Å². The summed E-state index contributed by atoms with van der Waals surface area (Å²) in [4.78, 5) is 28.6. The second kappa shape index (κ2) is 6.59. The summed E-state index contributed by atoms with van der Waals surface area (Å²) in [6.07, 6.45) is 1.45. The third-order valence-electron chi connectivity index (χ3n) is 3.32. The van der Waals surface area contributed by atoms with Crippen molar-refractivity contribution in [3.8, 4) is 0 Å². The van der Waals surface area contributed by atoms with Crippen molar-refractivity contribution in [3.63, 3.8) is 0 Å². The first-order valence-corrected chi connectivity index (χ1v) is 8.77. The summed E-state index contributed by atoms with van der Waals surface area (Å²) < 4.78 is 12.2. The van der Waals surface area contributed by atoms with Crippen LogP contribution in [0.3, 0.4) is 0 Å². The molecule has 0 unspecified atom stereocenters. The van der Waals surface area contributed by atoms with Crippen LogP contribution in [0.1, 0.15) is 23.0 Å². The summed E-state index contributed by atoms with van der Waals surface area (Å²) >= 11 is 2.79. The van der Waals surface area contributed by atoms with Crippen molar-refractivity contribution in [1.82, 2.24) is 9.55 Å². The molecule has 0 aliphatic carbocycles. The summed E-state index contributed by atoms with van der Waals surface area (Å²) in [5.41, 5.74) is 1.38. The van der Waals surface area contributed by atoms with Crippen molar-refractivity contribution in [2.75, 3.05) is 7.11 Å². The average Bonchev–Trinajstić information content (AvgIpc) is 3.21. The normalized spacial score (nSPS) is 11.0. The number of hydrogen-bond acceptors (Lipinski definition) is 7. The van der Waals surface area contributed by atoms with E-state index >= 15 is 0 Å². The van der Waals surface area contributed by atoms with E-state index in [0.717, 1.165) is 0 Å². The lowest BCUT2D eigenvalue weighted by Crippen LogP contribution is -2.21. The highest BCUT2D eigenvalue weighted by molar-refractivity contribution is 7.98. The van der Waals surface area contributed by atoms with Crippen molar-refractivity contribution in [2.45, 2.75) is 24.4 Å². The standard InChI is InChI=1S/C15H14N2O4S2/c1-3-17-13(18)12-10(5-7-22-12)16-15(17)23-8-9-4-6-21-11(9)14(19)20-2/h4-7H,3,8H2,1-2H3. The maximum Gasteiger partial charge on any atom is 0.374 e. The number of thioether (sulfide) groups is 1. The first kappa shape index (κ1) is 15.8. The summed E-state index contributed by atoms with van der Waals surface area (Å²) in [7, 11) is 1.31. The van der Waals surface area contributed by atoms with Gasteiger partial charge >= 0.3 is 5.97 Å². The third kappa shape index (κ3) is 2.91. The van der Waals surface area contributed by atoms with Crippen LogP contribution in [0.15, 0.2) is 38.1 Å². The summed E-state index contributed by atoms with van der Waals surface area (Å²) in [6.45, 7) is 2.45. The van der Waals surface area contributed by atoms with Crippen LogP contribution in [-0.2, 0) is 17.0 Å². The van der Waals surface area contributed by atoms with Gasteiger partial charge in [0.1, 0.15) is 4.70 Å². The van der Waals surface area contributed by atoms with E-state index in [-0.39, 0.29) is 11.3 Å². The molecule has 3 aromatic heterocycles. The number of carbonyl (C=O) groups excluding carboxylic acids is 1. The highest BCUT2D eigenvalue weighted by Crippen LogP contribution is 2.26. The molecule has 0 amide bonds. The van der Waals surface area contributed by atoms with Crippen LogP contribution < -0.4 is 5.56 Å². The molecule has 8 heteroatoms. The van der Waals surface area contributed by atoms with E-state index in [4.69, 9.17) is 4.42 Å². The van der Waals surface area contributed by atoms with Crippen molar-refractivity contribution in [2.24, 2.45) is 0 Å². The van der Waals surface area contributed by atoms with E-state index in [9.17, 15) is 9.59 Å². The monoisotopic (exact) mass is 350 g/mol. The minimum atomic E-state index is -0.514. The van der Waals surface area contributed by atoms with Crippen LogP contribution in [0.4, 0.5) is 0 Å². The van der Waals surface area contributed by atoms with Gasteiger partial charge in [-0.3, -0.25) is 9.36 Å². The van der Waals surface area contributed by atoms with E-state index in [0.29, 0.717) is 33.2 Å². The zero-order valence-corrected chi connectivity index (χ0v) is 14.2. The Balaban J connectivity index is 1.92. The number of aromatic nitrogens is 2. The second-order valence-electron chi connectivity index (χ2n) is 4.63. The van der Waals surface area contributed by atoms with E-state index in [2.05, 4.69) is 9.72 Å². The Morgan fingerprint density at radius 2 is 2.30 bits per heavy atom. The quantitative estimate of drug-likeness (QED) is 0.400. The van der Waals surface area contributed by atoms with Gasteiger partial charge in [-0.1, -0.05) is 11.8 Å². The molecular formula is C15H14N2O4S2. The molecule has 0 fully saturated rings. The van der Waals surface area contributed by atoms with Crippen molar-refractivity contribution in [1.29, 1.82) is 0 Å². The topological polar surface area (TPSA) is 74.3 Å². The molecule has 0 saturated carbocycles. The fourth-order valence-corrected chi connectivity index (χ4v) is 4.00. The maximum absolute atomic E-state index is 12.5. The third-order valence-corrected chi connectivity index (χ3v) is 5.24. The number of ether oxygens (including phenoxy) is 1. The number of thiophene rings is 1. The van der Waals surface area contributed by atoms with Gasteiger partial charge < -0.3 is 9.15 Å². The number of rotatable bonds is 5. The first-order chi connectivity index (χ1) is 11.2. The minimum absolute atomic E-state index is 0.0321. The van der Waals surface area contributed by atoms with Crippen LogP contribution in [0.5, 0.6) is 0 Å². The first-order valence-electron chi connectivity index (χ1n) is 6.91. The maximum atomic E-state index is 12.5. The molecule has 0 aromatic carbocycles. The number of esters is 1. The number of nitrogens with zero attached hydrogens (tertiary/aromatic N) is 2. The molecule has 0 aliphatic rings. The molecule has 120 valence electrons. The average molecular weight is 350 g/mol. The molecule has 0 N–H and O–H groups in total. The van der Waals surface area contributed by atoms with E-state index < -0.39 is 5.97 Å². The van der Waals surface area contributed by atoms with E-state index in [1.54, 1.807) is 10.6 Å². The molecule has 6 nitrogen and oxygen atoms in total. The molecule has 3 heterocycles. The van der Waals surface area contributed by atoms with Crippen molar-refractivity contribution < 1.29 is 13.9 Å². The van der Waals surface area contributed by atoms with Gasteiger partial charge in [0.2, 0.25) is 5.76 Å².